The minimum absolute atomic E-state index is 0.965. The van der Waals surface area contributed by atoms with Gasteiger partial charge >= 0.3 is 0 Å². The molecule has 0 fully saturated rings. The van der Waals surface area contributed by atoms with E-state index in [0.29, 0.717) is 0 Å². The fraction of sp³-hybridized carbons (Fsp3) is 0.500. The number of likely N-dealkylation sites (N-methyl/N-ethyl adjacent to an activating group) is 1. The van der Waals surface area contributed by atoms with Crippen LogP contribution in [0.2, 0.25) is 0 Å². The number of halogens is 1. The molecule has 1 N–H and O–H groups in total. The monoisotopic (exact) mass is 271 g/mol. The maximum atomic E-state index is 5.43. The Labute approximate surface area is 100 Å². The van der Waals surface area contributed by atoms with Crippen LogP contribution in [-0.4, -0.2) is 20.7 Å². The van der Waals surface area contributed by atoms with Gasteiger partial charge in [0.15, 0.2) is 0 Å². The summed E-state index contributed by atoms with van der Waals surface area (Å²) in [7, 11) is 3.68. The molecule has 2 nitrogen and oxygen atoms in total. The first-order chi connectivity index (χ1) is 7.11. The molecule has 15 heavy (non-hydrogen) atoms. The van der Waals surface area contributed by atoms with Gasteiger partial charge in [-0.3, -0.25) is 0 Å². The van der Waals surface area contributed by atoms with Gasteiger partial charge < -0.3 is 10.1 Å². The summed E-state index contributed by atoms with van der Waals surface area (Å²) < 4.78 is 6.48. The average Bonchev–Trinajstić information content (AvgIpc) is 2.21. The van der Waals surface area contributed by atoms with Gasteiger partial charge in [-0.1, -0.05) is 0 Å². The topological polar surface area (TPSA) is 21.3 Å². The molecule has 0 aliphatic rings. The van der Waals surface area contributed by atoms with Crippen LogP contribution >= 0.6 is 15.9 Å². The highest BCUT2D eigenvalue weighted by atomic mass is 79.9. The van der Waals surface area contributed by atoms with Gasteiger partial charge in [0.1, 0.15) is 5.75 Å². The Morgan fingerprint density at radius 1 is 1.40 bits per heavy atom. The quantitative estimate of drug-likeness (QED) is 0.910. The molecule has 1 rings (SSSR count). The highest BCUT2D eigenvalue weighted by Gasteiger charge is 2.12. The molecule has 84 valence electrons. The van der Waals surface area contributed by atoms with E-state index in [4.69, 9.17) is 4.74 Å². The molecule has 0 heterocycles. The third-order valence-corrected chi connectivity index (χ3v) is 3.30. The van der Waals surface area contributed by atoms with Gasteiger partial charge in [0, 0.05) is 0 Å². The molecule has 3 heteroatoms. The van der Waals surface area contributed by atoms with Crippen LogP contribution in [0.3, 0.4) is 0 Å². The van der Waals surface area contributed by atoms with Gasteiger partial charge in [-0.25, -0.2) is 0 Å². The lowest BCUT2D eigenvalue weighted by Gasteiger charge is -2.15. The van der Waals surface area contributed by atoms with E-state index in [2.05, 4.69) is 41.2 Å². The summed E-state index contributed by atoms with van der Waals surface area (Å²) in [6.45, 7) is 5.24. The number of nitrogens with one attached hydrogen (secondary N) is 1. The van der Waals surface area contributed by atoms with E-state index in [0.717, 1.165) is 23.2 Å². The molecule has 0 bridgehead atoms. The Hall–Kier alpha value is -0.540. The van der Waals surface area contributed by atoms with Crippen molar-refractivity contribution in [3.8, 4) is 5.75 Å². The van der Waals surface area contributed by atoms with Crippen molar-refractivity contribution in [3.05, 3.63) is 27.2 Å². The number of hydrogen-bond acceptors (Lipinski definition) is 2. The van der Waals surface area contributed by atoms with Gasteiger partial charge in [-0.2, -0.15) is 0 Å². The number of benzene rings is 1. The molecular formula is C12H18BrNO. The molecule has 1 aromatic carbocycles. The van der Waals surface area contributed by atoms with E-state index in [1.165, 1.54) is 16.7 Å². The van der Waals surface area contributed by atoms with Crippen LogP contribution in [0, 0.1) is 13.8 Å². The Morgan fingerprint density at radius 2 is 2.07 bits per heavy atom. The maximum absolute atomic E-state index is 5.43. The summed E-state index contributed by atoms with van der Waals surface area (Å²) in [6, 6.07) is 2.11. The van der Waals surface area contributed by atoms with Crippen molar-refractivity contribution in [2.45, 2.75) is 20.3 Å². The molecule has 0 aliphatic heterocycles. The second-order valence-corrected chi connectivity index (χ2v) is 4.52. The van der Waals surface area contributed by atoms with Crippen LogP contribution < -0.4 is 10.1 Å². The van der Waals surface area contributed by atoms with Crippen LogP contribution in [0.4, 0.5) is 0 Å². The molecule has 0 radical (unpaired) electrons. The molecule has 1 aromatic rings. The minimum Gasteiger partial charge on any atom is -0.495 e. The largest absolute Gasteiger partial charge is 0.495 e. The Kier molecular flexibility index (Phi) is 4.61. The van der Waals surface area contributed by atoms with Crippen molar-refractivity contribution in [1.29, 1.82) is 0 Å². The Morgan fingerprint density at radius 3 is 2.60 bits per heavy atom. The smallest absolute Gasteiger partial charge is 0.136 e. The lowest BCUT2D eigenvalue weighted by atomic mass is 10.00. The Balaban J connectivity index is 3.18. The summed E-state index contributed by atoms with van der Waals surface area (Å²) in [5.74, 6) is 0.966. The third-order valence-electron chi connectivity index (χ3n) is 2.71. The second-order valence-electron chi connectivity index (χ2n) is 3.67. The standard InChI is InChI=1S/C12H18BrNO/c1-8-7-11(13)12(15-4)10(9(8)2)5-6-14-3/h7,14H,5-6H2,1-4H3. The fourth-order valence-corrected chi connectivity index (χ4v) is 2.43. The molecule has 0 saturated heterocycles. The van der Waals surface area contributed by atoms with E-state index in [9.17, 15) is 0 Å². The van der Waals surface area contributed by atoms with Crippen LogP contribution in [0.25, 0.3) is 0 Å². The van der Waals surface area contributed by atoms with Gasteiger partial charge in [0.05, 0.1) is 11.6 Å². The third kappa shape index (κ3) is 2.73. The van der Waals surface area contributed by atoms with E-state index >= 15 is 0 Å². The van der Waals surface area contributed by atoms with Crippen LogP contribution in [-0.2, 0) is 6.42 Å². The van der Waals surface area contributed by atoms with E-state index in [1.54, 1.807) is 7.11 Å². The minimum atomic E-state index is 0.965. The first kappa shape index (κ1) is 12.5. The van der Waals surface area contributed by atoms with Crippen molar-refractivity contribution in [3.63, 3.8) is 0 Å². The normalized spacial score (nSPS) is 10.5. The van der Waals surface area contributed by atoms with Crippen LogP contribution in [0.15, 0.2) is 10.5 Å². The fourth-order valence-electron chi connectivity index (χ4n) is 1.69. The molecule has 0 unspecified atom stereocenters. The molecule has 0 aliphatic carbocycles. The van der Waals surface area contributed by atoms with Crippen molar-refractivity contribution >= 4 is 15.9 Å². The van der Waals surface area contributed by atoms with Gasteiger partial charge in [0.2, 0.25) is 0 Å². The predicted octanol–water partition coefficient (Wildman–Crippen LogP) is 2.84. The van der Waals surface area contributed by atoms with Crippen molar-refractivity contribution in [1.82, 2.24) is 5.32 Å². The molecule has 0 amide bonds. The second kappa shape index (κ2) is 5.52. The van der Waals surface area contributed by atoms with E-state index in [1.807, 2.05) is 7.05 Å². The number of aryl methyl sites for hydroxylation is 1. The molecule has 0 saturated carbocycles. The first-order valence-corrected chi connectivity index (χ1v) is 5.88. The van der Waals surface area contributed by atoms with Gasteiger partial charge in [-0.15, -0.1) is 0 Å². The zero-order valence-corrected chi connectivity index (χ0v) is 11.4. The van der Waals surface area contributed by atoms with E-state index in [-0.39, 0.29) is 0 Å². The van der Waals surface area contributed by atoms with Crippen molar-refractivity contribution < 1.29 is 4.74 Å². The summed E-state index contributed by atoms with van der Waals surface area (Å²) in [4.78, 5) is 0. The molecular weight excluding hydrogens is 254 g/mol. The number of hydrogen-bond donors (Lipinski definition) is 1. The predicted molar refractivity (Wildman–Crippen MR) is 67.8 cm³/mol. The van der Waals surface area contributed by atoms with Crippen LogP contribution in [0.1, 0.15) is 16.7 Å². The van der Waals surface area contributed by atoms with Gasteiger partial charge in [0.25, 0.3) is 0 Å². The lowest BCUT2D eigenvalue weighted by molar-refractivity contribution is 0.406. The zero-order valence-electron chi connectivity index (χ0n) is 9.78. The summed E-state index contributed by atoms with van der Waals surface area (Å²) in [6.07, 6.45) is 0.992. The molecule has 0 spiro atoms. The van der Waals surface area contributed by atoms with Crippen molar-refractivity contribution in [2.24, 2.45) is 0 Å². The highest BCUT2D eigenvalue weighted by molar-refractivity contribution is 9.10. The molecule has 0 aromatic heterocycles. The maximum Gasteiger partial charge on any atom is 0.136 e. The van der Waals surface area contributed by atoms with Crippen LogP contribution in [0.5, 0.6) is 5.75 Å². The number of ether oxygens (including phenoxy) is 1. The molecule has 0 atom stereocenters. The van der Waals surface area contributed by atoms with E-state index < -0.39 is 0 Å². The zero-order chi connectivity index (χ0) is 11.4. The highest BCUT2D eigenvalue weighted by Crippen LogP contribution is 2.33. The lowest BCUT2D eigenvalue weighted by Crippen LogP contribution is -2.12. The van der Waals surface area contributed by atoms with Crippen molar-refractivity contribution in [2.75, 3.05) is 20.7 Å². The summed E-state index contributed by atoms with van der Waals surface area (Å²) in [5.41, 5.74) is 3.91. The summed E-state index contributed by atoms with van der Waals surface area (Å²) >= 11 is 3.54. The number of methoxy groups -OCH3 is 1. The van der Waals surface area contributed by atoms with Gasteiger partial charge in [-0.05, 0) is 72.5 Å². The first-order valence-electron chi connectivity index (χ1n) is 5.09. The average molecular weight is 272 g/mol. The Bertz CT molecular complexity index is 350. The number of rotatable bonds is 4. The SMILES string of the molecule is CNCCc1c(C)c(C)cc(Br)c1OC. The summed E-state index contributed by atoms with van der Waals surface area (Å²) in [5, 5.41) is 3.16.